The van der Waals surface area contributed by atoms with Gasteiger partial charge in [0, 0.05) is 31.5 Å². The van der Waals surface area contributed by atoms with Crippen molar-refractivity contribution in [2.45, 2.75) is 13.5 Å². The summed E-state index contributed by atoms with van der Waals surface area (Å²) in [4.78, 5) is 4.22. The van der Waals surface area contributed by atoms with Gasteiger partial charge >= 0.3 is 0 Å². The quantitative estimate of drug-likeness (QED) is 0.824. The van der Waals surface area contributed by atoms with Crippen LogP contribution in [0.1, 0.15) is 11.1 Å². The highest BCUT2D eigenvalue weighted by molar-refractivity contribution is 5.37. The van der Waals surface area contributed by atoms with Crippen LogP contribution in [0.5, 0.6) is 0 Å². The highest BCUT2D eigenvalue weighted by atomic mass is 15.2. The van der Waals surface area contributed by atoms with Crippen LogP contribution in [0.2, 0.25) is 0 Å². The van der Waals surface area contributed by atoms with Crippen molar-refractivity contribution in [3.8, 4) is 0 Å². The zero-order valence-electron chi connectivity index (χ0n) is 8.94. The summed E-state index contributed by atoms with van der Waals surface area (Å²) in [6, 6.07) is 4.01. The van der Waals surface area contributed by atoms with Crippen molar-refractivity contribution in [2.75, 3.05) is 5.32 Å². The predicted molar refractivity (Wildman–Crippen MR) is 59.5 cm³/mol. The third kappa shape index (κ3) is 2.56. The molecule has 15 heavy (non-hydrogen) atoms. The molecule has 0 atom stereocenters. The zero-order chi connectivity index (χ0) is 10.7. The monoisotopic (exact) mass is 202 g/mol. The molecule has 0 bridgehead atoms. The van der Waals surface area contributed by atoms with E-state index in [0.29, 0.717) is 0 Å². The average Bonchev–Trinajstić information content (AvgIpc) is 2.62. The number of aryl methyl sites for hydroxylation is 2. The minimum atomic E-state index is 0.754. The molecule has 1 N–H and O–H groups in total. The summed E-state index contributed by atoms with van der Waals surface area (Å²) in [6.45, 7) is 2.81. The van der Waals surface area contributed by atoms with Crippen molar-refractivity contribution in [2.24, 2.45) is 7.05 Å². The van der Waals surface area contributed by atoms with E-state index in [1.165, 1.54) is 5.56 Å². The highest BCUT2D eigenvalue weighted by Gasteiger charge is 1.97. The number of nitrogens with one attached hydrogen (secondary N) is 1. The van der Waals surface area contributed by atoms with Crippen molar-refractivity contribution in [1.29, 1.82) is 0 Å². The van der Waals surface area contributed by atoms with Crippen molar-refractivity contribution in [1.82, 2.24) is 14.8 Å². The summed E-state index contributed by atoms with van der Waals surface area (Å²) in [5, 5.41) is 7.35. The van der Waals surface area contributed by atoms with Crippen LogP contribution < -0.4 is 5.32 Å². The normalized spacial score (nSPS) is 10.3. The van der Waals surface area contributed by atoms with E-state index >= 15 is 0 Å². The van der Waals surface area contributed by atoms with Gasteiger partial charge in [-0.15, -0.1) is 0 Å². The third-order valence-corrected chi connectivity index (χ3v) is 2.15. The lowest BCUT2D eigenvalue weighted by atomic mass is 10.3. The van der Waals surface area contributed by atoms with Crippen LogP contribution >= 0.6 is 0 Å². The maximum Gasteiger partial charge on any atom is 0.126 e. The number of nitrogens with zero attached hydrogens (tertiary/aromatic N) is 3. The Bertz CT molecular complexity index is 447. The van der Waals surface area contributed by atoms with E-state index < -0.39 is 0 Å². The minimum absolute atomic E-state index is 0.754. The molecule has 78 valence electrons. The number of hydrogen-bond donors (Lipinski definition) is 1. The molecule has 0 radical (unpaired) electrons. The van der Waals surface area contributed by atoms with Crippen LogP contribution in [0.25, 0.3) is 0 Å². The van der Waals surface area contributed by atoms with Crippen molar-refractivity contribution >= 4 is 5.82 Å². The molecule has 0 unspecified atom stereocenters. The molecule has 0 fully saturated rings. The summed E-state index contributed by atoms with van der Waals surface area (Å²) >= 11 is 0. The first-order valence-electron chi connectivity index (χ1n) is 4.88. The summed E-state index contributed by atoms with van der Waals surface area (Å²) in [6.07, 6.45) is 5.65. The summed E-state index contributed by atoms with van der Waals surface area (Å²) < 4.78 is 1.79. The minimum Gasteiger partial charge on any atom is -0.366 e. The van der Waals surface area contributed by atoms with Gasteiger partial charge in [-0.25, -0.2) is 4.98 Å². The standard InChI is InChI=1S/C11H14N4/c1-9-3-4-12-11(5-9)13-6-10-7-14-15(2)8-10/h3-5,7-8H,6H2,1-2H3,(H,12,13). The lowest BCUT2D eigenvalue weighted by Gasteiger charge is -2.03. The SMILES string of the molecule is Cc1ccnc(NCc2cnn(C)c2)c1. The van der Waals surface area contributed by atoms with Crippen LogP contribution in [0.3, 0.4) is 0 Å². The van der Waals surface area contributed by atoms with Crippen LogP contribution in [-0.4, -0.2) is 14.8 Å². The Morgan fingerprint density at radius 3 is 3.00 bits per heavy atom. The molecular weight excluding hydrogens is 188 g/mol. The fourth-order valence-corrected chi connectivity index (χ4v) is 1.39. The van der Waals surface area contributed by atoms with Crippen molar-refractivity contribution < 1.29 is 0 Å². The first-order chi connectivity index (χ1) is 7.24. The fraction of sp³-hybridized carbons (Fsp3) is 0.273. The number of pyridine rings is 1. The van der Waals surface area contributed by atoms with Gasteiger partial charge < -0.3 is 5.32 Å². The number of anilines is 1. The Kier molecular flexibility index (Phi) is 2.67. The van der Waals surface area contributed by atoms with Gasteiger partial charge in [-0.3, -0.25) is 4.68 Å². The van der Waals surface area contributed by atoms with E-state index in [1.54, 1.807) is 10.9 Å². The predicted octanol–water partition coefficient (Wildman–Crippen LogP) is 1.74. The molecule has 2 rings (SSSR count). The van der Waals surface area contributed by atoms with E-state index in [0.717, 1.165) is 17.9 Å². The Morgan fingerprint density at radius 1 is 1.47 bits per heavy atom. The molecule has 2 heterocycles. The van der Waals surface area contributed by atoms with Gasteiger partial charge in [0.1, 0.15) is 5.82 Å². The van der Waals surface area contributed by atoms with E-state index in [2.05, 4.69) is 22.3 Å². The van der Waals surface area contributed by atoms with Gasteiger partial charge in [0.05, 0.1) is 6.20 Å². The molecular formula is C11H14N4. The van der Waals surface area contributed by atoms with Crippen molar-refractivity contribution in [3.05, 3.63) is 41.9 Å². The molecule has 4 heteroatoms. The van der Waals surface area contributed by atoms with Gasteiger partial charge in [0.2, 0.25) is 0 Å². The molecule has 2 aromatic heterocycles. The zero-order valence-corrected chi connectivity index (χ0v) is 8.94. The highest BCUT2D eigenvalue weighted by Crippen LogP contribution is 2.07. The molecule has 0 spiro atoms. The average molecular weight is 202 g/mol. The number of aromatic nitrogens is 3. The molecule has 0 aromatic carbocycles. The van der Waals surface area contributed by atoms with E-state index in [-0.39, 0.29) is 0 Å². The maximum absolute atomic E-state index is 4.22. The van der Waals surface area contributed by atoms with E-state index in [4.69, 9.17) is 0 Å². The largest absolute Gasteiger partial charge is 0.366 e. The molecule has 0 aliphatic rings. The molecule has 0 amide bonds. The Hall–Kier alpha value is -1.84. The fourth-order valence-electron chi connectivity index (χ4n) is 1.39. The van der Waals surface area contributed by atoms with Crippen LogP contribution in [0.4, 0.5) is 5.82 Å². The van der Waals surface area contributed by atoms with Gasteiger partial charge in [0.25, 0.3) is 0 Å². The van der Waals surface area contributed by atoms with Crippen LogP contribution in [0, 0.1) is 6.92 Å². The lowest BCUT2D eigenvalue weighted by Crippen LogP contribution is -2.00. The van der Waals surface area contributed by atoms with Gasteiger partial charge in [-0.05, 0) is 24.6 Å². The van der Waals surface area contributed by atoms with E-state index in [1.807, 2.05) is 31.6 Å². The second kappa shape index (κ2) is 4.13. The summed E-state index contributed by atoms with van der Waals surface area (Å²) in [5.74, 6) is 0.902. The molecule has 0 saturated heterocycles. The summed E-state index contributed by atoms with van der Waals surface area (Å²) in [5.41, 5.74) is 2.36. The van der Waals surface area contributed by atoms with Crippen LogP contribution in [-0.2, 0) is 13.6 Å². The Balaban J connectivity index is 1.99. The smallest absolute Gasteiger partial charge is 0.126 e. The molecule has 2 aromatic rings. The molecule has 0 aliphatic carbocycles. The molecule has 0 saturated carbocycles. The van der Waals surface area contributed by atoms with Crippen molar-refractivity contribution in [3.63, 3.8) is 0 Å². The van der Waals surface area contributed by atoms with Gasteiger partial charge in [-0.2, -0.15) is 5.10 Å². The second-order valence-electron chi connectivity index (χ2n) is 3.59. The van der Waals surface area contributed by atoms with Crippen LogP contribution in [0.15, 0.2) is 30.7 Å². The lowest BCUT2D eigenvalue weighted by molar-refractivity contribution is 0.767. The second-order valence-corrected chi connectivity index (χ2v) is 3.59. The Labute approximate surface area is 89.0 Å². The van der Waals surface area contributed by atoms with Gasteiger partial charge in [-0.1, -0.05) is 0 Å². The number of hydrogen-bond acceptors (Lipinski definition) is 3. The number of rotatable bonds is 3. The third-order valence-electron chi connectivity index (χ3n) is 2.15. The van der Waals surface area contributed by atoms with E-state index in [9.17, 15) is 0 Å². The molecule has 0 aliphatic heterocycles. The first kappa shape index (κ1) is 9.71. The topological polar surface area (TPSA) is 42.7 Å². The first-order valence-corrected chi connectivity index (χ1v) is 4.88. The van der Waals surface area contributed by atoms with Gasteiger partial charge in [0.15, 0.2) is 0 Å². The Morgan fingerprint density at radius 2 is 2.33 bits per heavy atom. The summed E-state index contributed by atoms with van der Waals surface area (Å²) in [7, 11) is 1.91. The molecule has 4 nitrogen and oxygen atoms in total. The maximum atomic E-state index is 4.22.